The van der Waals surface area contributed by atoms with E-state index < -0.39 is 0 Å². The lowest BCUT2D eigenvalue weighted by Gasteiger charge is -2.02. The zero-order valence-corrected chi connectivity index (χ0v) is 6.95. The van der Waals surface area contributed by atoms with E-state index in [1.807, 2.05) is 4.68 Å². The largest absolute Gasteiger partial charge is 0.392 e. The second-order valence-corrected chi connectivity index (χ2v) is 3.03. The summed E-state index contributed by atoms with van der Waals surface area (Å²) in [6.45, 7) is 2.92. The standard InChI is InChI=1S/C8H13N3O/c12-6-7-4-10-11-3-1-2-9-5-8(7)11/h4,9,12H,1-3,5-6H2. The molecule has 4 heteroatoms. The zero-order valence-electron chi connectivity index (χ0n) is 6.95. The third kappa shape index (κ3) is 1.23. The minimum absolute atomic E-state index is 0.0943. The van der Waals surface area contributed by atoms with Crippen LogP contribution in [0.2, 0.25) is 0 Å². The van der Waals surface area contributed by atoms with Crippen molar-refractivity contribution < 1.29 is 5.11 Å². The Morgan fingerprint density at radius 1 is 1.67 bits per heavy atom. The van der Waals surface area contributed by atoms with Crippen molar-refractivity contribution in [1.29, 1.82) is 0 Å². The molecule has 1 aromatic rings. The lowest BCUT2D eigenvalue weighted by molar-refractivity contribution is 0.280. The molecule has 0 aliphatic carbocycles. The summed E-state index contributed by atoms with van der Waals surface area (Å²) in [5, 5.41) is 16.5. The highest BCUT2D eigenvalue weighted by Crippen LogP contribution is 2.10. The van der Waals surface area contributed by atoms with E-state index in [-0.39, 0.29) is 6.61 Å². The molecule has 0 aromatic carbocycles. The molecule has 4 nitrogen and oxygen atoms in total. The molecule has 0 unspecified atom stereocenters. The van der Waals surface area contributed by atoms with Crippen molar-refractivity contribution in [3.05, 3.63) is 17.5 Å². The predicted molar refractivity (Wildman–Crippen MR) is 44.5 cm³/mol. The molecule has 0 saturated carbocycles. The SMILES string of the molecule is OCc1cnn2c1CNCCC2. The van der Waals surface area contributed by atoms with Crippen LogP contribution >= 0.6 is 0 Å². The van der Waals surface area contributed by atoms with Crippen LogP contribution in [0.3, 0.4) is 0 Å². The van der Waals surface area contributed by atoms with E-state index in [4.69, 9.17) is 5.11 Å². The summed E-state index contributed by atoms with van der Waals surface area (Å²) in [5.41, 5.74) is 2.08. The fourth-order valence-electron chi connectivity index (χ4n) is 1.54. The Morgan fingerprint density at radius 3 is 3.42 bits per heavy atom. The fraction of sp³-hybridized carbons (Fsp3) is 0.625. The first-order valence-corrected chi connectivity index (χ1v) is 4.27. The molecule has 0 fully saturated rings. The maximum absolute atomic E-state index is 8.99. The van der Waals surface area contributed by atoms with Gasteiger partial charge in [0.1, 0.15) is 0 Å². The Balaban J connectivity index is 2.32. The second-order valence-electron chi connectivity index (χ2n) is 3.03. The number of aryl methyl sites for hydroxylation is 1. The first-order valence-electron chi connectivity index (χ1n) is 4.27. The fourth-order valence-corrected chi connectivity index (χ4v) is 1.54. The molecule has 0 spiro atoms. The molecule has 12 heavy (non-hydrogen) atoms. The smallest absolute Gasteiger partial charge is 0.0715 e. The minimum Gasteiger partial charge on any atom is -0.392 e. The molecular formula is C8H13N3O. The van der Waals surface area contributed by atoms with Crippen LogP contribution in [0.5, 0.6) is 0 Å². The number of aliphatic hydroxyl groups excluding tert-OH is 1. The highest BCUT2D eigenvalue weighted by Gasteiger charge is 2.11. The van der Waals surface area contributed by atoms with Crippen molar-refractivity contribution in [1.82, 2.24) is 15.1 Å². The van der Waals surface area contributed by atoms with Gasteiger partial charge in [0.15, 0.2) is 0 Å². The van der Waals surface area contributed by atoms with Gasteiger partial charge in [-0.05, 0) is 13.0 Å². The van der Waals surface area contributed by atoms with E-state index >= 15 is 0 Å². The molecule has 2 heterocycles. The Labute approximate surface area is 71.2 Å². The summed E-state index contributed by atoms with van der Waals surface area (Å²) in [6.07, 6.45) is 2.86. The molecule has 2 rings (SSSR count). The molecule has 0 amide bonds. The molecule has 0 atom stereocenters. The van der Waals surface area contributed by atoms with Crippen molar-refractivity contribution >= 4 is 0 Å². The first-order chi connectivity index (χ1) is 5.92. The topological polar surface area (TPSA) is 50.1 Å². The van der Waals surface area contributed by atoms with Crippen molar-refractivity contribution in [2.75, 3.05) is 6.54 Å². The third-order valence-electron chi connectivity index (χ3n) is 2.22. The van der Waals surface area contributed by atoms with E-state index in [0.717, 1.165) is 37.3 Å². The minimum atomic E-state index is 0.0943. The number of fused-ring (bicyclic) bond motifs is 1. The highest BCUT2D eigenvalue weighted by molar-refractivity contribution is 5.17. The summed E-state index contributed by atoms with van der Waals surface area (Å²) in [4.78, 5) is 0. The average molecular weight is 167 g/mol. The van der Waals surface area contributed by atoms with Crippen LogP contribution in [-0.2, 0) is 19.7 Å². The van der Waals surface area contributed by atoms with Crippen LogP contribution in [0.1, 0.15) is 17.7 Å². The van der Waals surface area contributed by atoms with Crippen LogP contribution in [0.4, 0.5) is 0 Å². The van der Waals surface area contributed by atoms with E-state index in [1.165, 1.54) is 0 Å². The number of aromatic nitrogens is 2. The van der Waals surface area contributed by atoms with E-state index in [0.29, 0.717) is 0 Å². The van der Waals surface area contributed by atoms with Crippen LogP contribution in [0.25, 0.3) is 0 Å². The van der Waals surface area contributed by atoms with Gasteiger partial charge in [-0.2, -0.15) is 5.10 Å². The Kier molecular flexibility index (Phi) is 2.10. The average Bonchev–Trinajstić information content (AvgIpc) is 2.33. The number of hydrogen-bond donors (Lipinski definition) is 2. The number of nitrogens with one attached hydrogen (secondary N) is 1. The van der Waals surface area contributed by atoms with Gasteiger partial charge in [0.2, 0.25) is 0 Å². The molecular weight excluding hydrogens is 154 g/mol. The second kappa shape index (κ2) is 3.25. The number of rotatable bonds is 1. The molecule has 1 aromatic heterocycles. The van der Waals surface area contributed by atoms with Gasteiger partial charge in [0, 0.05) is 18.7 Å². The van der Waals surface area contributed by atoms with Gasteiger partial charge in [-0.1, -0.05) is 0 Å². The van der Waals surface area contributed by atoms with Gasteiger partial charge >= 0.3 is 0 Å². The summed E-state index contributed by atoms with van der Waals surface area (Å²) in [5.74, 6) is 0. The number of hydrogen-bond acceptors (Lipinski definition) is 3. The number of aliphatic hydroxyl groups is 1. The molecule has 2 N–H and O–H groups in total. The lowest BCUT2D eigenvalue weighted by Crippen LogP contribution is -2.13. The van der Waals surface area contributed by atoms with Gasteiger partial charge in [-0.25, -0.2) is 0 Å². The summed E-state index contributed by atoms with van der Waals surface area (Å²) in [7, 11) is 0. The van der Waals surface area contributed by atoms with Gasteiger partial charge < -0.3 is 10.4 Å². The molecule has 0 saturated heterocycles. The maximum atomic E-state index is 8.99. The lowest BCUT2D eigenvalue weighted by atomic mass is 10.2. The van der Waals surface area contributed by atoms with Crippen LogP contribution in [0.15, 0.2) is 6.20 Å². The van der Waals surface area contributed by atoms with Gasteiger partial charge in [0.05, 0.1) is 18.5 Å². The zero-order chi connectivity index (χ0) is 8.39. The van der Waals surface area contributed by atoms with Crippen molar-refractivity contribution in [3.8, 4) is 0 Å². The van der Waals surface area contributed by atoms with Gasteiger partial charge in [0.25, 0.3) is 0 Å². The van der Waals surface area contributed by atoms with Crippen LogP contribution in [-0.4, -0.2) is 21.4 Å². The van der Waals surface area contributed by atoms with Crippen molar-refractivity contribution in [2.45, 2.75) is 26.1 Å². The third-order valence-corrected chi connectivity index (χ3v) is 2.22. The summed E-state index contributed by atoms with van der Waals surface area (Å²) >= 11 is 0. The van der Waals surface area contributed by atoms with Crippen LogP contribution < -0.4 is 5.32 Å². The maximum Gasteiger partial charge on any atom is 0.0715 e. The molecule has 0 radical (unpaired) electrons. The summed E-state index contributed by atoms with van der Waals surface area (Å²) < 4.78 is 1.98. The van der Waals surface area contributed by atoms with Crippen LogP contribution in [0, 0.1) is 0 Å². The van der Waals surface area contributed by atoms with Crippen molar-refractivity contribution in [2.24, 2.45) is 0 Å². The summed E-state index contributed by atoms with van der Waals surface area (Å²) in [6, 6.07) is 0. The Morgan fingerprint density at radius 2 is 2.58 bits per heavy atom. The quantitative estimate of drug-likeness (QED) is 0.612. The molecule has 0 bridgehead atoms. The van der Waals surface area contributed by atoms with Crippen molar-refractivity contribution in [3.63, 3.8) is 0 Å². The van der Waals surface area contributed by atoms with E-state index in [1.54, 1.807) is 6.20 Å². The predicted octanol–water partition coefficient (Wildman–Crippen LogP) is -0.131. The van der Waals surface area contributed by atoms with Gasteiger partial charge in [-0.15, -0.1) is 0 Å². The first kappa shape index (κ1) is 7.76. The Bertz CT molecular complexity index is 269. The highest BCUT2D eigenvalue weighted by atomic mass is 16.3. The van der Waals surface area contributed by atoms with E-state index in [9.17, 15) is 0 Å². The van der Waals surface area contributed by atoms with Gasteiger partial charge in [-0.3, -0.25) is 4.68 Å². The molecule has 1 aliphatic rings. The van der Waals surface area contributed by atoms with E-state index in [2.05, 4.69) is 10.4 Å². The Hall–Kier alpha value is -0.870. The number of nitrogens with zero attached hydrogens (tertiary/aromatic N) is 2. The molecule has 1 aliphatic heterocycles. The monoisotopic (exact) mass is 167 g/mol. The normalized spacial score (nSPS) is 17.1. The molecule has 66 valence electrons.